The third-order valence-electron chi connectivity index (χ3n) is 6.75. The Morgan fingerprint density at radius 3 is 1.62 bits per heavy atom. The summed E-state index contributed by atoms with van der Waals surface area (Å²) in [6, 6.07) is 26.5. The molecule has 40 heavy (non-hydrogen) atoms. The van der Waals surface area contributed by atoms with Crippen molar-refractivity contribution in [3.05, 3.63) is 106 Å². The van der Waals surface area contributed by atoms with Crippen LogP contribution in [0.15, 0.2) is 89.4 Å². The molecule has 3 aromatic rings. The zero-order valence-corrected chi connectivity index (χ0v) is 25.5. The highest BCUT2D eigenvalue weighted by atomic mass is 79.9. The number of carbonyl (C=O) groups excluding carboxylic acids is 3. The average molecular weight is 608 g/mol. The Labute approximate surface area is 246 Å². The number of hydrogen-bond acceptors (Lipinski definition) is 4. The molecule has 0 aliphatic heterocycles. The van der Waals surface area contributed by atoms with Crippen molar-refractivity contribution in [2.24, 2.45) is 0 Å². The number of amides is 2. The van der Waals surface area contributed by atoms with Gasteiger partial charge in [-0.25, -0.2) is 4.79 Å². The van der Waals surface area contributed by atoms with Gasteiger partial charge in [0.25, 0.3) is 5.91 Å². The molecule has 0 bridgehead atoms. The zero-order valence-electron chi connectivity index (χ0n) is 23.9. The summed E-state index contributed by atoms with van der Waals surface area (Å²) in [6.45, 7) is 8.79. The van der Waals surface area contributed by atoms with Gasteiger partial charge in [-0.15, -0.1) is 0 Å². The summed E-state index contributed by atoms with van der Waals surface area (Å²) in [5.41, 5.74) is -0.851. The normalized spacial score (nSPS) is 14.3. The molecule has 0 unspecified atom stereocenters. The van der Waals surface area contributed by atoms with Crippen molar-refractivity contribution >= 4 is 33.7 Å². The molecule has 6 nitrogen and oxygen atoms in total. The van der Waals surface area contributed by atoms with Gasteiger partial charge in [-0.05, 0) is 95.7 Å². The van der Waals surface area contributed by atoms with Gasteiger partial charge >= 0.3 is 5.97 Å². The summed E-state index contributed by atoms with van der Waals surface area (Å²) in [5, 5.41) is 5.96. The molecule has 212 valence electrons. The van der Waals surface area contributed by atoms with Crippen molar-refractivity contribution in [1.29, 1.82) is 0 Å². The molecule has 3 aromatic carbocycles. The van der Waals surface area contributed by atoms with Gasteiger partial charge in [0.2, 0.25) is 5.91 Å². The SMILES string of the molecule is CC(C)(C)OC(=O)[C@](C)(CCc1ccccc1)NC(=O)[C@](C)(CCc1ccccc1)NC(=O)c1ccc(Br)cc1. The van der Waals surface area contributed by atoms with Crippen LogP contribution >= 0.6 is 15.9 Å². The second-order valence-corrected chi connectivity index (χ2v) is 12.5. The third-order valence-corrected chi connectivity index (χ3v) is 7.28. The number of hydrogen-bond donors (Lipinski definition) is 2. The number of halogens is 1. The summed E-state index contributed by atoms with van der Waals surface area (Å²) in [4.78, 5) is 40.8. The van der Waals surface area contributed by atoms with Gasteiger partial charge < -0.3 is 15.4 Å². The number of aryl methyl sites for hydroxylation is 2. The lowest BCUT2D eigenvalue weighted by Gasteiger charge is -2.37. The van der Waals surface area contributed by atoms with Crippen molar-refractivity contribution in [2.45, 2.75) is 77.0 Å². The van der Waals surface area contributed by atoms with E-state index in [1.807, 2.05) is 60.7 Å². The van der Waals surface area contributed by atoms with Crippen LogP contribution in [0.4, 0.5) is 0 Å². The first kappa shape index (κ1) is 31.1. The number of carbonyl (C=O) groups is 3. The van der Waals surface area contributed by atoms with Crippen LogP contribution in [0, 0.1) is 0 Å². The van der Waals surface area contributed by atoms with E-state index in [0.717, 1.165) is 15.6 Å². The van der Waals surface area contributed by atoms with Crippen LogP contribution in [0.5, 0.6) is 0 Å². The Bertz CT molecular complexity index is 1290. The maximum atomic E-state index is 14.1. The van der Waals surface area contributed by atoms with Gasteiger partial charge in [0.05, 0.1) is 0 Å². The fraction of sp³-hybridized carbons (Fsp3) is 0.364. The Morgan fingerprint density at radius 1 is 0.675 bits per heavy atom. The molecule has 2 amide bonds. The van der Waals surface area contributed by atoms with E-state index in [-0.39, 0.29) is 5.91 Å². The molecule has 0 aromatic heterocycles. The maximum absolute atomic E-state index is 14.1. The molecule has 0 aliphatic rings. The summed E-state index contributed by atoms with van der Waals surface area (Å²) >= 11 is 3.39. The van der Waals surface area contributed by atoms with E-state index in [0.29, 0.717) is 31.2 Å². The first-order chi connectivity index (χ1) is 18.8. The van der Waals surface area contributed by atoms with Crippen LogP contribution in [0.2, 0.25) is 0 Å². The van der Waals surface area contributed by atoms with Crippen LogP contribution in [0.1, 0.15) is 68.9 Å². The fourth-order valence-electron chi connectivity index (χ4n) is 4.23. The molecule has 0 saturated heterocycles. The molecule has 0 radical (unpaired) electrons. The molecule has 0 aliphatic carbocycles. The second kappa shape index (κ2) is 13.3. The molecule has 0 heterocycles. The van der Waals surface area contributed by atoms with Crippen molar-refractivity contribution in [3.8, 4) is 0 Å². The number of benzene rings is 3. The van der Waals surface area contributed by atoms with Crippen LogP contribution < -0.4 is 10.6 Å². The molecular formula is C33H39BrN2O4. The predicted octanol–water partition coefficient (Wildman–Crippen LogP) is 6.42. The molecule has 2 N–H and O–H groups in total. The number of rotatable bonds is 11. The highest BCUT2D eigenvalue weighted by molar-refractivity contribution is 9.10. The van der Waals surface area contributed by atoms with Crippen molar-refractivity contribution in [3.63, 3.8) is 0 Å². The minimum Gasteiger partial charge on any atom is -0.458 e. The predicted molar refractivity (Wildman–Crippen MR) is 162 cm³/mol. The highest BCUT2D eigenvalue weighted by Gasteiger charge is 2.43. The first-order valence-electron chi connectivity index (χ1n) is 13.5. The number of ether oxygens (including phenoxy) is 1. The molecule has 7 heteroatoms. The van der Waals surface area contributed by atoms with Gasteiger partial charge in [0, 0.05) is 10.0 Å². The number of nitrogens with one attached hydrogen (secondary N) is 2. The van der Waals surface area contributed by atoms with Crippen molar-refractivity contribution in [1.82, 2.24) is 10.6 Å². The van der Waals surface area contributed by atoms with E-state index >= 15 is 0 Å². The van der Waals surface area contributed by atoms with E-state index in [9.17, 15) is 14.4 Å². The Hall–Kier alpha value is -3.45. The molecule has 3 rings (SSSR count). The molecule has 0 fully saturated rings. The topological polar surface area (TPSA) is 84.5 Å². The van der Waals surface area contributed by atoms with E-state index in [4.69, 9.17) is 4.74 Å². The van der Waals surface area contributed by atoms with Crippen LogP contribution in [-0.2, 0) is 27.2 Å². The van der Waals surface area contributed by atoms with Crippen molar-refractivity contribution < 1.29 is 19.1 Å². The quantitative estimate of drug-likeness (QED) is 0.247. The van der Waals surface area contributed by atoms with E-state index in [1.54, 1.807) is 58.9 Å². The minimum absolute atomic E-state index is 0.326. The minimum atomic E-state index is -1.32. The Balaban J connectivity index is 1.89. The summed E-state index contributed by atoms with van der Waals surface area (Å²) < 4.78 is 6.60. The van der Waals surface area contributed by atoms with E-state index < -0.39 is 28.6 Å². The number of esters is 1. The van der Waals surface area contributed by atoms with E-state index in [1.165, 1.54) is 0 Å². The zero-order chi connectivity index (χ0) is 29.4. The molecule has 0 spiro atoms. The molecular weight excluding hydrogens is 568 g/mol. The third kappa shape index (κ3) is 9.05. The summed E-state index contributed by atoms with van der Waals surface area (Å²) in [5.74, 6) is -1.34. The van der Waals surface area contributed by atoms with Crippen LogP contribution in [0.3, 0.4) is 0 Å². The highest BCUT2D eigenvalue weighted by Crippen LogP contribution is 2.24. The van der Waals surface area contributed by atoms with Gasteiger partial charge in [0.15, 0.2) is 0 Å². The molecule has 2 atom stereocenters. The largest absolute Gasteiger partial charge is 0.458 e. The lowest BCUT2D eigenvalue weighted by atomic mass is 9.87. The lowest BCUT2D eigenvalue weighted by Crippen LogP contribution is -2.64. The van der Waals surface area contributed by atoms with E-state index in [2.05, 4.69) is 26.6 Å². The average Bonchev–Trinajstić information content (AvgIpc) is 2.91. The van der Waals surface area contributed by atoms with Gasteiger partial charge in [0.1, 0.15) is 16.7 Å². The van der Waals surface area contributed by atoms with Gasteiger partial charge in [-0.2, -0.15) is 0 Å². The maximum Gasteiger partial charge on any atom is 0.332 e. The lowest BCUT2D eigenvalue weighted by molar-refractivity contribution is -0.164. The standard InChI is InChI=1S/C33H39BrN2O4/c1-31(2,3)40-30(39)33(5,23-21-25-14-10-7-11-15-25)36-29(38)32(4,22-20-24-12-8-6-9-13-24)35-28(37)26-16-18-27(34)19-17-26/h6-19H,20-23H2,1-5H3,(H,35,37)(H,36,38)/t32-,33-/m0/s1. The first-order valence-corrected chi connectivity index (χ1v) is 14.3. The smallest absolute Gasteiger partial charge is 0.332 e. The van der Waals surface area contributed by atoms with Crippen molar-refractivity contribution in [2.75, 3.05) is 0 Å². The summed E-state index contributed by atoms with van der Waals surface area (Å²) in [6.07, 6.45) is 1.77. The van der Waals surface area contributed by atoms with Crippen LogP contribution in [0.25, 0.3) is 0 Å². The monoisotopic (exact) mass is 606 g/mol. The Morgan fingerprint density at radius 2 is 1.15 bits per heavy atom. The van der Waals surface area contributed by atoms with Gasteiger partial charge in [-0.3, -0.25) is 9.59 Å². The Kier molecular flexibility index (Phi) is 10.3. The second-order valence-electron chi connectivity index (χ2n) is 11.6. The summed E-state index contributed by atoms with van der Waals surface area (Å²) in [7, 11) is 0. The molecule has 0 saturated carbocycles. The van der Waals surface area contributed by atoms with Crippen LogP contribution in [-0.4, -0.2) is 34.5 Å². The van der Waals surface area contributed by atoms with Gasteiger partial charge in [-0.1, -0.05) is 76.6 Å². The fourth-order valence-corrected chi connectivity index (χ4v) is 4.49.